The molecule has 0 fully saturated rings. The first kappa shape index (κ1) is 21.1. The molecule has 142 valence electrons. The van der Waals surface area contributed by atoms with Gasteiger partial charge in [0.2, 0.25) is 5.88 Å². The van der Waals surface area contributed by atoms with Crippen LogP contribution in [0.1, 0.15) is 12.0 Å². The summed E-state index contributed by atoms with van der Waals surface area (Å²) in [4.78, 5) is 7.20. The third-order valence-electron chi connectivity index (χ3n) is 2.69. The van der Waals surface area contributed by atoms with Crippen LogP contribution in [0.3, 0.4) is 0 Å². The Kier molecular flexibility index (Phi) is 7.59. The smallest absolute Gasteiger partial charge is 0.417 e. The SMILES string of the molecule is CN=C(NCCOc1ncc(C(F)(F)F)cc1Cl)NCCC(F)(F)F. The molecule has 2 N–H and O–H groups in total. The van der Waals surface area contributed by atoms with E-state index in [0.29, 0.717) is 12.3 Å². The Labute approximate surface area is 144 Å². The van der Waals surface area contributed by atoms with Crippen LogP contribution in [0.2, 0.25) is 5.02 Å². The lowest BCUT2D eigenvalue weighted by Gasteiger charge is -2.14. The highest BCUT2D eigenvalue weighted by molar-refractivity contribution is 6.31. The molecule has 0 aliphatic rings. The molecule has 5 nitrogen and oxygen atoms in total. The molecule has 0 aliphatic heterocycles. The topological polar surface area (TPSA) is 58.5 Å². The normalized spacial score (nSPS) is 12.9. The summed E-state index contributed by atoms with van der Waals surface area (Å²) in [5.74, 6) is -0.0594. The lowest BCUT2D eigenvalue weighted by atomic mass is 10.3. The number of rotatable bonds is 6. The van der Waals surface area contributed by atoms with Crippen LogP contribution >= 0.6 is 11.6 Å². The quantitative estimate of drug-likeness (QED) is 0.338. The molecule has 25 heavy (non-hydrogen) atoms. The van der Waals surface area contributed by atoms with Crippen molar-refractivity contribution in [2.45, 2.75) is 18.8 Å². The molecule has 1 aromatic rings. The summed E-state index contributed by atoms with van der Waals surface area (Å²) in [6.07, 6.45) is -9.27. The number of pyridine rings is 1. The molecule has 12 heteroatoms. The molecule has 0 saturated heterocycles. The number of hydrogen-bond donors (Lipinski definition) is 2. The van der Waals surface area contributed by atoms with Gasteiger partial charge in [0.15, 0.2) is 5.96 Å². The highest BCUT2D eigenvalue weighted by Crippen LogP contribution is 2.32. The van der Waals surface area contributed by atoms with E-state index >= 15 is 0 Å². The zero-order valence-corrected chi connectivity index (χ0v) is 13.7. The third-order valence-corrected chi connectivity index (χ3v) is 2.96. The summed E-state index contributed by atoms with van der Waals surface area (Å²) in [7, 11) is 1.37. The average molecular weight is 393 g/mol. The van der Waals surface area contributed by atoms with Crippen molar-refractivity contribution < 1.29 is 31.1 Å². The van der Waals surface area contributed by atoms with E-state index in [1.165, 1.54) is 7.05 Å². The van der Waals surface area contributed by atoms with Crippen molar-refractivity contribution in [1.82, 2.24) is 15.6 Å². The summed E-state index contributed by atoms with van der Waals surface area (Å²) in [5, 5.41) is 4.83. The highest BCUT2D eigenvalue weighted by Gasteiger charge is 2.31. The van der Waals surface area contributed by atoms with Gasteiger partial charge in [-0.15, -0.1) is 0 Å². The van der Waals surface area contributed by atoms with Crippen molar-refractivity contribution >= 4 is 17.6 Å². The van der Waals surface area contributed by atoms with Crippen molar-refractivity contribution in [3.05, 3.63) is 22.8 Å². The maximum Gasteiger partial charge on any atom is 0.417 e. The second-order valence-corrected chi connectivity index (χ2v) is 5.06. The van der Waals surface area contributed by atoms with E-state index in [-0.39, 0.29) is 36.6 Å². The van der Waals surface area contributed by atoms with E-state index < -0.39 is 24.3 Å². The molecule has 0 radical (unpaired) electrons. The molecule has 1 rings (SSSR count). The van der Waals surface area contributed by atoms with Gasteiger partial charge in [0.05, 0.1) is 18.5 Å². The number of aromatic nitrogens is 1. The Morgan fingerprint density at radius 2 is 1.84 bits per heavy atom. The molecule has 0 spiro atoms. The number of guanidine groups is 1. The van der Waals surface area contributed by atoms with E-state index in [1.54, 1.807) is 0 Å². The van der Waals surface area contributed by atoms with Crippen LogP contribution in [-0.2, 0) is 6.18 Å². The fourth-order valence-electron chi connectivity index (χ4n) is 1.55. The van der Waals surface area contributed by atoms with Gasteiger partial charge in [-0.2, -0.15) is 26.3 Å². The molecule has 0 bridgehead atoms. The van der Waals surface area contributed by atoms with E-state index in [9.17, 15) is 26.3 Å². The standard InChI is InChI=1S/C13H15ClF6N4O/c1-21-11(22-3-2-12(15,16)17)23-4-5-25-10-9(14)6-8(7-24-10)13(18,19)20/h6-7H,2-5H2,1H3,(H2,21,22,23). The predicted molar refractivity (Wildman–Crippen MR) is 79.8 cm³/mol. The van der Waals surface area contributed by atoms with Crippen molar-refractivity contribution in [2.24, 2.45) is 4.99 Å². The van der Waals surface area contributed by atoms with Crippen LogP contribution in [0.25, 0.3) is 0 Å². The minimum atomic E-state index is -4.56. The molecule has 0 atom stereocenters. The van der Waals surface area contributed by atoms with Crippen molar-refractivity contribution in [1.29, 1.82) is 0 Å². The lowest BCUT2D eigenvalue weighted by Crippen LogP contribution is -2.40. The van der Waals surface area contributed by atoms with E-state index in [0.717, 1.165) is 0 Å². The van der Waals surface area contributed by atoms with Crippen LogP contribution in [0.15, 0.2) is 17.3 Å². The second kappa shape index (κ2) is 8.97. The summed E-state index contributed by atoms with van der Waals surface area (Å²) in [6, 6.07) is 0.689. The minimum Gasteiger partial charge on any atom is -0.475 e. The molecule has 1 aromatic heterocycles. The summed E-state index contributed by atoms with van der Waals surface area (Å²) in [5.41, 5.74) is -1.00. The number of hydrogen-bond acceptors (Lipinski definition) is 3. The molecule has 0 aliphatic carbocycles. The van der Waals surface area contributed by atoms with E-state index in [1.807, 2.05) is 0 Å². The maximum atomic E-state index is 12.5. The van der Waals surface area contributed by atoms with Gasteiger partial charge < -0.3 is 15.4 Å². The average Bonchev–Trinajstić information content (AvgIpc) is 2.48. The van der Waals surface area contributed by atoms with Crippen molar-refractivity contribution in [3.8, 4) is 5.88 Å². The minimum absolute atomic E-state index is 0.0436. The monoisotopic (exact) mass is 392 g/mol. The number of nitrogens with zero attached hydrogens (tertiary/aromatic N) is 2. The predicted octanol–water partition coefficient (Wildman–Crippen LogP) is 3.25. The second-order valence-electron chi connectivity index (χ2n) is 4.65. The Morgan fingerprint density at radius 3 is 2.36 bits per heavy atom. The van der Waals surface area contributed by atoms with Crippen LogP contribution in [0.4, 0.5) is 26.3 Å². The van der Waals surface area contributed by atoms with Gasteiger partial charge >= 0.3 is 12.4 Å². The zero-order chi connectivity index (χ0) is 19.1. The summed E-state index contributed by atoms with van der Waals surface area (Å²) in [6.45, 7) is -0.279. The summed E-state index contributed by atoms with van der Waals surface area (Å²) >= 11 is 5.66. The molecular formula is C13H15ClF6N4O. The number of nitrogens with one attached hydrogen (secondary N) is 2. The molecule has 0 saturated carbocycles. The van der Waals surface area contributed by atoms with Crippen LogP contribution < -0.4 is 15.4 Å². The number of aliphatic imine (C=N–C) groups is 1. The molecule has 1 heterocycles. The fraction of sp³-hybridized carbons (Fsp3) is 0.538. The van der Waals surface area contributed by atoms with E-state index in [2.05, 4.69) is 20.6 Å². The number of halogens is 7. The molecule has 0 aromatic carbocycles. The van der Waals surface area contributed by atoms with Gasteiger partial charge in [-0.3, -0.25) is 4.99 Å². The Hall–Kier alpha value is -1.91. The Morgan fingerprint density at radius 1 is 1.20 bits per heavy atom. The maximum absolute atomic E-state index is 12.5. The van der Waals surface area contributed by atoms with Crippen molar-refractivity contribution in [2.75, 3.05) is 26.7 Å². The van der Waals surface area contributed by atoms with Gasteiger partial charge in [-0.1, -0.05) is 11.6 Å². The van der Waals surface area contributed by atoms with Crippen LogP contribution in [0, 0.1) is 0 Å². The summed E-state index contributed by atoms with van der Waals surface area (Å²) < 4.78 is 78.6. The van der Waals surface area contributed by atoms with Gasteiger partial charge in [-0.05, 0) is 6.07 Å². The third kappa shape index (κ3) is 8.14. The largest absolute Gasteiger partial charge is 0.475 e. The Bertz CT molecular complexity index is 591. The first-order valence-corrected chi connectivity index (χ1v) is 7.27. The highest BCUT2D eigenvalue weighted by atomic mass is 35.5. The van der Waals surface area contributed by atoms with Crippen LogP contribution in [0.5, 0.6) is 5.88 Å². The first-order valence-electron chi connectivity index (χ1n) is 6.89. The number of alkyl halides is 6. The molecule has 0 amide bonds. The van der Waals surface area contributed by atoms with Crippen LogP contribution in [-0.4, -0.2) is 43.9 Å². The fourth-order valence-corrected chi connectivity index (χ4v) is 1.77. The lowest BCUT2D eigenvalue weighted by molar-refractivity contribution is -0.138. The Balaban J connectivity index is 2.39. The van der Waals surface area contributed by atoms with Gasteiger partial charge in [0, 0.05) is 19.8 Å². The molecule has 0 unspecified atom stereocenters. The molecular weight excluding hydrogens is 378 g/mol. The first-order chi connectivity index (χ1) is 11.5. The van der Waals surface area contributed by atoms with Gasteiger partial charge in [0.25, 0.3) is 0 Å². The van der Waals surface area contributed by atoms with Gasteiger partial charge in [-0.25, -0.2) is 4.98 Å². The van der Waals surface area contributed by atoms with E-state index in [4.69, 9.17) is 16.3 Å². The zero-order valence-electron chi connectivity index (χ0n) is 12.9. The van der Waals surface area contributed by atoms with Gasteiger partial charge in [0.1, 0.15) is 11.6 Å². The van der Waals surface area contributed by atoms with Crippen molar-refractivity contribution in [3.63, 3.8) is 0 Å². The number of ether oxygens (including phenoxy) is 1.